The molecule has 0 saturated heterocycles. The summed E-state index contributed by atoms with van der Waals surface area (Å²) < 4.78 is 1.84. The van der Waals surface area contributed by atoms with Crippen LogP contribution >= 0.6 is 15.9 Å². The number of aryl methyl sites for hydroxylation is 1. The fourth-order valence-electron chi connectivity index (χ4n) is 1.45. The summed E-state index contributed by atoms with van der Waals surface area (Å²) in [4.78, 5) is 4.78. The van der Waals surface area contributed by atoms with Gasteiger partial charge in [0.2, 0.25) is 0 Å². The van der Waals surface area contributed by atoms with Gasteiger partial charge in [-0.15, -0.1) is 0 Å². The first-order valence-corrected chi connectivity index (χ1v) is 5.48. The van der Waals surface area contributed by atoms with Crippen LogP contribution in [0.15, 0.2) is 6.33 Å². The molecule has 0 aromatic carbocycles. The van der Waals surface area contributed by atoms with Crippen LogP contribution in [0.3, 0.4) is 0 Å². The SMILES string of the molecule is CC(Br)CC(C)Cc1ncnn1C. The van der Waals surface area contributed by atoms with Crippen LogP contribution < -0.4 is 0 Å². The molecule has 2 atom stereocenters. The van der Waals surface area contributed by atoms with Gasteiger partial charge in [0.15, 0.2) is 0 Å². The second-order valence-electron chi connectivity index (χ2n) is 3.63. The minimum Gasteiger partial charge on any atom is -0.253 e. The zero-order valence-electron chi connectivity index (χ0n) is 8.37. The highest BCUT2D eigenvalue weighted by atomic mass is 79.9. The van der Waals surface area contributed by atoms with E-state index in [9.17, 15) is 0 Å². The Morgan fingerprint density at radius 3 is 2.69 bits per heavy atom. The van der Waals surface area contributed by atoms with Crippen LogP contribution in [0.25, 0.3) is 0 Å². The molecule has 1 rings (SSSR count). The summed E-state index contributed by atoms with van der Waals surface area (Å²) in [6, 6.07) is 0. The van der Waals surface area contributed by atoms with Crippen molar-refractivity contribution in [3.05, 3.63) is 12.2 Å². The average Bonchev–Trinajstić information content (AvgIpc) is 2.34. The number of hydrogen-bond acceptors (Lipinski definition) is 2. The van der Waals surface area contributed by atoms with Gasteiger partial charge in [-0.2, -0.15) is 5.10 Å². The van der Waals surface area contributed by atoms with Crippen LogP contribution in [0, 0.1) is 5.92 Å². The lowest BCUT2D eigenvalue weighted by atomic mass is 10.0. The molecule has 0 aliphatic rings. The number of nitrogens with zero attached hydrogens (tertiary/aromatic N) is 3. The number of aromatic nitrogens is 3. The molecule has 3 nitrogen and oxygen atoms in total. The maximum atomic E-state index is 4.20. The first kappa shape index (κ1) is 10.7. The summed E-state index contributed by atoms with van der Waals surface area (Å²) in [6.07, 6.45) is 3.79. The van der Waals surface area contributed by atoms with Crippen molar-refractivity contribution in [2.45, 2.75) is 31.5 Å². The highest BCUT2D eigenvalue weighted by Crippen LogP contribution is 2.15. The number of hydrogen-bond donors (Lipinski definition) is 0. The summed E-state index contributed by atoms with van der Waals surface area (Å²) >= 11 is 3.55. The fourth-order valence-corrected chi connectivity index (χ4v) is 2.09. The third kappa shape index (κ3) is 3.46. The van der Waals surface area contributed by atoms with Crippen LogP contribution in [0.5, 0.6) is 0 Å². The first-order valence-electron chi connectivity index (χ1n) is 4.56. The largest absolute Gasteiger partial charge is 0.253 e. The van der Waals surface area contributed by atoms with Crippen molar-refractivity contribution in [1.29, 1.82) is 0 Å². The van der Waals surface area contributed by atoms with Crippen LogP contribution in [0.2, 0.25) is 0 Å². The van der Waals surface area contributed by atoms with E-state index in [1.54, 1.807) is 6.33 Å². The Balaban J connectivity index is 2.45. The predicted octanol–water partition coefficient (Wildman–Crippen LogP) is 2.17. The molecular weight excluding hydrogens is 230 g/mol. The van der Waals surface area contributed by atoms with E-state index < -0.39 is 0 Å². The van der Waals surface area contributed by atoms with Crippen LogP contribution in [0.1, 0.15) is 26.1 Å². The first-order chi connectivity index (χ1) is 6.09. The molecule has 2 unspecified atom stereocenters. The van der Waals surface area contributed by atoms with Gasteiger partial charge in [-0.25, -0.2) is 4.98 Å². The molecule has 13 heavy (non-hydrogen) atoms. The molecule has 0 fully saturated rings. The van der Waals surface area contributed by atoms with Gasteiger partial charge in [-0.3, -0.25) is 4.68 Å². The van der Waals surface area contributed by atoms with Crippen LogP contribution in [-0.2, 0) is 13.5 Å². The van der Waals surface area contributed by atoms with Crippen molar-refractivity contribution in [3.63, 3.8) is 0 Å². The molecular formula is C9H16BrN3. The molecule has 0 N–H and O–H groups in total. The Morgan fingerprint density at radius 2 is 2.23 bits per heavy atom. The second kappa shape index (κ2) is 4.74. The van der Waals surface area contributed by atoms with E-state index in [-0.39, 0.29) is 0 Å². The predicted molar refractivity (Wildman–Crippen MR) is 56.9 cm³/mol. The molecule has 0 aliphatic heterocycles. The molecule has 4 heteroatoms. The standard InChI is InChI=1S/C9H16BrN3/c1-7(4-8(2)10)5-9-11-6-12-13(9)3/h6-8H,4-5H2,1-3H3. The molecule has 0 spiro atoms. The van der Waals surface area contributed by atoms with Crippen molar-refractivity contribution in [3.8, 4) is 0 Å². The van der Waals surface area contributed by atoms with Crippen molar-refractivity contribution in [2.75, 3.05) is 0 Å². The quantitative estimate of drug-likeness (QED) is 0.762. The fraction of sp³-hybridized carbons (Fsp3) is 0.778. The zero-order valence-corrected chi connectivity index (χ0v) is 9.95. The molecule has 74 valence electrons. The number of alkyl halides is 1. The number of rotatable bonds is 4. The molecule has 0 amide bonds. The molecule has 0 radical (unpaired) electrons. The lowest BCUT2D eigenvalue weighted by Crippen LogP contribution is -2.09. The van der Waals surface area contributed by atoms with E-state index in [0.29, 0.717) is 10.7 Å². The second-order valence-corrected chi connectivity index (χ2v) is 5.19. The van der Waals surface area contributed by atoms with Gasteiger partial charge < -0.3 is 0 Å². The Kier molecular flexibility index (Phi) is 3.90. The van der Waals surface area contributed by atoms with Crippen molar-refractivity contribution in [1.82, 2.24) is 14.8 Å². The Labute approximate surface area is 87.7 Å². The van der Waals surface area contributed by atoms with Gasteiger partial charge >= 0.3 is 0 Å². The molecule has 1 aromatic rings. The molecule has 1 heterocycles. The Morgan fingerprint density at radius 1 is 1.54 bits per heavy atom. The van der Waals surface area contributed by atoms with Crippen molar-refractivity contribution >= 4 is 15.9 Å². The molecule has 0 saturated carbocycles. The third-order valence-electron chi connectivity index (χ3n) is 2.06. The Bertz CT molecular complexity index is 257. The molecule has 0 bridgehead atoms. The van der Waals surface area contributed by atoms with Gasteiger partial charge in [0.25, 0.3) is 0 Å². The average molecular weight is 246 g/mol. The topological polar surface area (TPSA) is 30.7 Å². The van der Waals surface area contributed by atoms with Crippen LogP contribution in [-0.4, -0.2) is 19.6 Å². The van der Waals surface area contributed by atoms with Gasteiger partial charge in [-0.05, 0) is 12.3 Å². The minimum absolute atomic E-state index is 0.579. The molecule has 1 aromatic heterocycles. The summed E-state index contributed by atoms with van der Waals surface area (Å²) in [5, 5.41) is 4.04. The van der Waals surface area contributed by atoms with E-state index in [1.165, 1.54) is 6.42 Å². The lowest BCUT2D eigenvalue weighted by Gasteiger charge is -2.11. The highest BCUT2D eigenvalue weighted by molar-refractivity contribution is 9.09. The maximum absolute atomic E-state index is 4.20. The number of halogens is 1. The summed E-state index contributed by atoms with van der Waals surface area (Å²) in [5.41, 5.74) is 0. The monoisotopic (exact) mass is 245 g/mol. The van der Waals surface area contributed by atoms with Gasteiger partial charge in [0.1, 0.15) is 12.2 Å². The van der Waals surface area contributed by atoms with Gasteiger partial charge in [0.05, 0.1) is 0 Å². The summed E-state index contributed by atoms with van der Waals surface area (Å²) in [6.45, 7) is 4.42. The van der Waals surface area contributed by atoms with Crippen LogP contribution in [0.4, 0.5) is 0 Å². The smallest absolute Gasteiger partial charge is 0.138 e. The van der Waals surface area contributed by atoms with E-state index in [0.717, 1.165) is 12.2 Å². The molecule has 0 aliphatic carbocycles. The van der Waals surface area contributed by atoms with E-state index in [2.05, 4.69) is 39.9 Å². The zero-order chi connectivity index (χ0) is 9.84. The minimum atomic E-state index is 0.579. The Hall–Kier alpha value is -0.380. The van der Waals surface area contributed by atoms with E-state index in [4.69, 9.17) is 0 Å². The lowest BCUT2D eigenvalue weighted by molar-refractivity contribution is 0.504. The van der Waals surface area contributed by atoms with Crippen molar-refractivity contribution in [2.24, 2.45) is 13.0 Å². The van der Waals surface area contributed by atoms with Crippen molar-refractivity contribution < 1.29 is 0 Å². The normalized spacial score (nSPS) is 15.7. The third-order valence-corrected chi connectivity index (χ3v) is 2.44. The van der Waals surface area contributed by atoms with Gasteiger partial charge in [-0.1, -0.05) is 29.8 Å². The summed E-state index contributed by atoms with van der Waals surface area (Å²) in [7, 11) is 1.94. The van der Waals surface area contributed by atoms with Gasteiger partial charge in [0, 0.05) is 18.3 Å². The highest BCUT2D eigenvalue weighted by Gasteiger charge is 2.09. The van der Waals surface area contributed by atoms with E-state index in [1.807, 2.05) is 11.7 Å². The van der Waals surface area contributed by atoms with E-state index >= 15 is 0 Å². The summed E-state index contributed by atoms with van der Waals surface area (Å²) in [5.74, 6) is 1.72. The maximum Gasteiger partial charge on any atom is 0.138 e.